The van der Waals surface area contributed by atoms with Crippen LogP contribution in [-0.2, 0) is 0 Å². The van der Waals surface area contributed by atoms with Crippen molar-refractivity contribution in [3.63, 3.8) is 0 Å². The summed E-state index contributed by atoms with van der Waals surface area (Å²) in [5, 5.41) is 0. The first-order valence-corrected chi connectivity index (χ1v) is 7.76. The van der Waals surface area contributed by atoms with Crippen molar-refractivity contribution in [2.45, 2.75) is 38.6 Å². The fourth-order valence-electron chi connectivity index (χ4n) is 2.93. The van der Waals surface area contributed by atoms with E-state index in [2.05, 4.69) is 36.1 Å². The summed E-state index contributed by atoms with van der Waals surface area (Å²) in [5.74, 6) is 1.92. The summed E-state index contributed by atoms with van der Waals surface area (Å²) < 4.78 is 0. The maximum absolute atomic E-state index is 6.45. The summed E-state index contributed by atoms with van der Waals surface area (Å²) >= 11 is 0. The summed E-state index contributed by atoms with van der Waals surface area (Å²) in [6.07, 6.45) is 5.73. The van der Waals surface area contributed by atoms with E-state index < -0.39 is 0 Å². The van der Waals surface area contributed by atoms with E-state index >= 15 is 0 Å². The van der Waals surface area contributed by atoms with Crippen LogP contribution in [0.3, 0.4) is 0 Å². The van der Waals surface area contributed by atoms with Crippen LogP contribution in [0.5, 0.6) is 0 Å². The van der Waals surface area contributed by atoms with Gasteiger partial charge in [-0.2, -0.15) is 0 Å². The zero-order valence-electron chi connectivity index (χ0n) is 12.0. The summed E-state index contributed by atoms with van der Waals surface area (Å²) in [6.45, 7) is 5.74. The van der Waals surface area contributed by atoms with Gasteiger partial charge in [0.1, 0.15) is 0 Å². The number of hydrogen-bond donors (Lipinski definition) is 1. The predicted octanol–water partition coefficient (Wildman–Crippen LogP) is 3.12. The van der Waals surface area contributed by atoms with E-state index in [9.17, 15) is 0 Å². The van der Waals surface area contributed by atoms with Crippen molar-refractivity contribution in [3.05, 3.63) is 35.4 Å². The second-order valence-corrected chi connectivity index (χ2v) is 6.57. The highest BCUT2D eigenvalue weighted by Crippen LogP contribution is 2.34. The lowest BCUT2D eigenvalue weighted by atomic mass is 10.0. The van der Waals surface area contributed by atoms with Crippen molar-refractivity contribution in [3.8, 4) is 0 Å². The fraction of sp³-hybridized carbons (Fsp3) is 0.647. The van der Waals surface area contributed by atoms with Crippen LogP contribution in [0.1, 0.15) is 42.9 Å². The first-order chi connectivity index (χ1) is 9.22. The van der Waals surface area contributed by atoms with Crippen molar-refractivity contribution >= 4 is 0 Å². The topological polar surface area (TPSA) is 29.3 Å². The van der Waals surface area contributed by atoms with Crippen LogP contribution in [0, 0.1) is 18.8 Å². The molecule has 3 rings (SSSR count). The highest BCUT2D eigenvalue weighted by atomic mass is 15.1. The Morgan fingerprint density at radius 2 is 1.68 bits per heavy atom. The number of rotatable bonds is 7. The Hall–Kier alpha value is -0.860. The van der Waals surface area contributed by atoms with E-state index in [1.165, 1.54) is 49.9 Å². The Kier molecular flexibility index (Phi) is 3.90. The van der Waals surface area contributed by atoms with Gasteiger partial charge >= 0.3 is 0 Å². The van der Waals surface area contributed by atoms with Gasteiger partial charge < -0.3 is 10.6 Å². The second-order valence-electron chi connectivity index (χ2n) is 6.57. The largest absolute Gasteiger partial charge is 0.323 e. The van der Waals surface area contributed by atoms with Crippen molar-refractivity contribution in [2.24, 2.45) is 17.6 Å². The molecule has 2 saturated carbocycles. The average Bonchev–Trinajstić information content (AvgIpc) is 3.25. The normalized spacial score (nSPS) is 20.8. The Morgan fingerprint density at radius 3 is 2.21 bits per heavy atom. The Balaban J connectivity index is 1.60. The van der Waals surface area contributed by atoms with Crippen LogP contribution < -0.4 is 5.73 Å². The van der Waals surface area contributed by atoms with Gasteiger partial charge in [0.2, 0.25) is 0 Å². The minimum Gasteiger partial charge on any atom is -0.323 e. The summed E-state index contributed by atoms with van der Waals surface area (Å²) in [6, 6.07) is 8.72. The van der Waals surface area contributed by atoms with Crippen LogP contribution in [0.2, 0.25) is 0 Å². The molecule has 2 heteroatoms. The van der Waals surface area contributed by atoms with Crippen LogP contribution in [0.4, 0.5) is 0 Å². The molecule has 2 aliphatic rings. The molecule has 0 radical (unpaired) electrons. The summed E-state index contributed by atoms with van der Waals surface area (Å²) in [5.41, 5.74) is 9.09. The van der Waals surface area contributed by atoms with Crippen molar-refractivity contribution < 1.29 is 0 Å². The van der Waals surface area contributed by atoms with Gasteiger partial charge in [-0.3, -0.25) is 0 Å². The van der Waals surface area contributed by atoms with Crippen LogP contribution >= 0.6 is 0 Å². The zero-order chi connectivity index (χ0) is 13.2. The van der Waals surface area contributed by atoms with E-state index in [1.807, 2.05) is 0 Å². The Labute approximate surface area is 117 Å². The Morgan fingerprint density at radius 1 is 1.11 bits per heavy atom. The van der Waals surface area contributed by atoms with Crippen molar-refractivity contribution in [2.75, 3.05) is 19.6 Å². The van der Waals surface area contributed by atoms with E-state index in [-0.39, 0.29) is 6.04 Å². The molecule has 2 nitrogen and oxygen atoms in total. The molecule has 0 bridgehead atoms. The summed E-state index contributed by atoms with van der Waals surface area (Å²) in [4.78, 5) is 2.63. The second kappa shape index (κ2) is 5.64. The Bertz CT molecular complexity index is 407. The lowest BCUT2D eigenvalue weighted by Crippen LogP contribution is -2.35. The standard InChI is InChI=1S/C17H26N2/c1-13-4-2-3-5-16(13)17(18)12-19(10-14-6-7-14)11-15-8-9-15/h2-5,14-15,17H,6-12,18H2,1H3. The number of benzene rings is 1. The molecule has 1 aromatic rings. The van der Waals surface area contributed by atoms with Gasteiger partial charge in [-0.05, 0) is 55.6 Å². The molecule has 104 valence electrons. The quantitative estimate of drug-likeness (QED) is 0.814. The molecule has 1 atom stereocenters. The molecule has 0 aliphatic heterocycles. The monoisotopic (exact) mass is 258 g/mol. The minimum atomic E-state index is 0.165. The van der Waals surface area contributed by atoms with E-state index in [0.29, 0.717) is 0 Å². The van der Waals surface area contributed by atoms with Crippen molar-refractivity contribution in [1.82, 2.24) is 4.90 Å². The first-order valence-electron chi connectivity index (χ1n) is 7.76. The maximum Gasteiger partial charge on any atom is 0.0426 e. The van der Waals surface area contributed by atoms with Crippen LogP contribution in [0.15, 0.2) is 24.3 Å². The average molecular weight is 258 g/mol. The molecule has 2 N–H and O–H groups in total. The number of nitrogens with zero attached hydrogens (tertiary/aromatic N) is 1. The third-order valence-corrected chi connectivity index (χ3v) is 4.47. The SMILES string of the molecule is Cc1ccccc1C(N)CN(CC1CC1)CC1CC1. The highest BCUT2D eigenvalue weighted by molar-refractivity contribution is 5.28. The third-order valence-electron chi connectivity index (χ3n) is 4.47. The smallest absolute Gasteiger partial charge is 0.0426 e. The number of nitrogens with two attached hydrogens (primary N) is 1. The minimum absolute atomic E-state index is 0.165. The maximum atomic E-state index is 6.45. The van der Waals surface area contributed by atoms with E-state index in [0.717, 1.165) is 18.4 Å². The first kappa shape index (κ1) is 13.1. The molecule has 2 aliphatic carbocycles. The lowest BCUT2D eigenvalue weighted by Gasteiger charge is -2.26. The van der Waals surface area contributed by atoms with E-state index in [1.54, 1.807) is 0 Å². The van der Waals surface area contributed by atoms with Gasteiger partial charge in [-0.15, -0.1) is 0 Å². The van der Waals surface area contributed by atoms with Gasteiger partial charge in [-0.1, -0.05) is 24.3 Å². The summed E-state index contributed by atoms with van der Waals surface area (Å²) in [7, 11) is 0. The van der Waals surface area contributed by atoms with Gasteiger partial charge in [0, 0.05) is 25.7 Å². The highest BCUT2D eigenvalue weighted by Gasteiger charge is 2.30. The van der Waals surface area contributed by atoms with Crippen LogP contribution in [0.25, 0.3) is 0 Å². The number of aryl methyl sites for hydroxylation is 1. The van der Waals surface area contributed by atoms with Gasteiger partial charge in [0.15, 0.2) is 0 Å². The number of hydrogen-bond acceptors (Lipinski definition) is 2. The van der Waals surface area contributed by atoms with Crippen molar-refractivity contribution in [1.29, 1.82) is 0 Å². The zero-order valence-corrected chi connectivity index (χ0v) is 12.0. The molecule has 1 aromatic carbocycles. The van der Waals surface area contributed by atoms with Crippen LogP contribution in [-0.4, -0.2) is 24.5 Å². The molecule has 0 aromatic heterocycles. The molecule has 0 amide bonds. The molecule has 19 heavy (non-hydrogen) atoms. The molecule has 0 saturated heterocycles. The fourth-order valence-corrected chi connectivity index (χ4v) is 2.93. The van der Waals surface area contributed by atoms with Gasteiger partial charge in [-0.25, -0.2) is 0 Å². The molecule has 1 unspecified atom stereocenters. The predicted molar refractivity (Wildman–Crippen MR) is 80.0 cm³/mol. The lowest BCUT2D eigenvalue weighted by molar-refractivity contribution is 0.238. The molecule has 0 spiro atoms. The molecule has 0 heterocycles. The molecule has 2 fully saturated rings. The molecular formula is C17H26N2. The third kappa shape index (κ3) is 3.80. The van der Waals surface area contributed by atoms with E-state index in [4.69, 9.17) is 5.73 Å². The van der Waals surface area contributed by atoms with Gasteiger partial charge in [0.25, 0.3) is 0 Å². The molecular weight excluding hydrogens is 232 g/mol. The van der Waals surface area contributed by atoms with Gasteiger partial charge in [0.05, 0.1) is 0 Å².